The van der Waals surface area contributed by atoms with Crippen molar-refractivity contribution in [1.82, 2.24) is 0 Å². The largest absolute Gasteiger partial charge is 0.497 e. The maximum Gasteiger partial charge on any atom is 0.118 e. The van der Waals surface area contributed by atoms with Crippen LogP contribution in [0.5, 0.6) is 5.75 Å². The van der Waals surface area contributed by atoms with Gasteiger partial charge < -0.3 is 10.5 Å². The lowest BCUT2D eigenvalue weighted by atomic mass is 9.86. The first-order chi connectivity index (χ1) is 7.60. The highest BCUT2D eigenvalue weighted by Gasteiger charge is 2.22. The van der Waals surface area contributed by atoms with Gasteiger partial charge in [0.15, 0.2) is 0 Å². The molecular formula is C13H18N2O. The fraction of sp³-hybridized carbons (Fsp3) is 0.462. The number of nitrogens with zero attached hydrogens (tertiary/aromatic N) is 1. The molecule has 0 bridgehead atoms. The number of hydrogen-bond donors (Lipinski definition) is 1. The number of hydrogen-bond acceptors (Lipinski definition) is 3. The Morgan fingerprint density at radius 2 is 1.81 bits per heavy atom. The third-order valence-electron chi connectivity index (χ3n) is 2.75. The van der Waals surface area contributed by atoms with Gasteiger partial charge in [-0.2, -0.15) is 5.26 Å². The summed E-state index contributed by atoms with van der Waals surface area (Å²) in [5.41, 5.74) is 7.05. The third-order valence-corrected chi connectivity index (χ3v) is 2.75. The zero-order chi connectivity index (χ0) is 12.1. The molecule has 2 unspecified atom stereocenters. The average molecular weight is 218 g/mol. The van der Waals surface area contributed by atoms with Gasteiger partial charge in [0.1, 0.15) is 5.75 Å². The molecule has 0 fully saturated rings. The molecule has 0 aliphatic rings. The first kappa shape index (κ1) is 12.5. The van der Waals surface area contributed by atoms with Gasteiger partial charge in [0.05, 0.1) is 19.1 Å². The van der Waals surface area contributed by atoms with Gasteiger partial charge in [-0.3, -0.25) is 0 Å². The van der Waals surface area contributed by atoms with Crippen LogP contribution in [-0.4, -0.2) is 7.11 Å². The van der Waals surface area contributed by atoms with Crippen molar-refractivity contribution in [2.24, 2.45) is 17.6 Å². The molecule has 3 heteroatoms. The summed E-state index contributed by atoms with van der Waals surface area (Å²) in [5, 5.41) is 9.07. The number of nitriles is 1. The Kier molecular flexibility index (Phi) is 4.33. The minimum atomic E-state index is -0.240. The lowest BCUT2D eigenvalue weighted by Gasteiger charge is -2.21. The summed E-state index contributed by atoms with van der Waals surface area (Å²) in [6.07, 6.45) is 0. The van der Waals surface area contributed by atoms with Gasteiger partial charge in [0, 0.05) is 6.04 Å². The van der Waals surface area contributed by atoms with Crippen molar-refractivity contribution in [1.29, 1.82) is 5.26 Å². The standard InChI is InChI=1S/C13H18N2O/c1-9(2)12(8-14)13(15)10-4-6-11(16-3)7-5-10/h4-7,9,12-13H,15H2,1-3H3. The van der Waals surface area contributed by atoms with Crippen LogP contribution in [0, 0.1) is 23.2 Å². The molecule has 0 spiro atoms. The lowest BCUT2D eigenvalue weighted by Crippen LogP contribution is -2.24. The zero-order valence-electron chi connectivity index (χ0n) is 9.97. The van der Waals surface area contributed by atoms with Crippen LogP contribution in [0.25, 0.3) is 0 Å². The molecule has 16 heavy (non-hydrogen) atoms. The second-order valence-electron chi connectivity index (χ2n) is 4.20. The summed E-state index contributed by atoms with van der Waals surface area (Å²) in [6.45, 7) is 4.02. The minimum Gasteiger partial charge on any atom is -0.497 e. The summed E-state index contributed by atoms with van der Waals surface area (Å²) in [6, 6.07) is 9.59. The second-order valence-corrected chi connectivity index (χ2v) is 4.20. The van der Waals surface area contributed by atoms with E-state index in [-0.39, 0.29) is 17.9 Å². The van der Waals surface area contributed by atoms with Crippen LogP contribution in [0.2, 0.25) is 0 Å². The van der Waals surface area contributed by atoms with Gasteiger partial charge in [-0.25, -0.2) is 0 Å². The molecular weight excluding hydrogens is 200 g/mol. The van der Waals surface area contributed by atoms with E-state index in [4.69, 9.17) is 15.7 Å². The molecule has 0 aromatic heterocycles. The molecule has 1 aromatic rings. The number of ether oxygens (including phenoxy) is 1. The van der Waals surface area contributed by atoms with E-state index in [1.54, 1.807) is 7.11 Å². The minimum absolute atomic E-state index is 0.159. The second kappa shape index (κ2) is 5.53. The molecule has 2 N–H and O–H groups in total. The number of nitrogens with two attached hydrogens (primary N) is 1. The smallest absolute Gasteiger partial charge is 0.118 e. The van der Waals surface area contributed by atoms with Crippen LogP contribution in [0.4, 0.5) is 0 Å². The maximum atomic E-state index is 9.07. The van der Waals surface area contributed by atoms with Gasteiger partial charge in [-0.05, 0) is 23.6 Å². The Morgan fingerprint density at radius 3 is 2.19 bits per heavy atom. The lowest BCUT2D eigenvalue weighted by molar-refractivity contribution is 0.401. The Hall–Kier alpha value is -1.53. The van der Waals surface area contributed by atoms with Crippen LogP contribution >= 0.6 is 0 Å². The number of methoxy groups -OCH3 is 1. The Morgan fingerprint density at radius 1 is 1.25 bits per heavy atom. The van der Waals surface area contributed by atoms with Gasteiger partial charge in [0.2, 0.25) is 0 Å². The monoisotopic (exact) mass is 218 g/mol. The van der Waals surface area contributed by atoms with Crippen molar-refractivity contribution >= 4 is 0 Å². The fourth-order valence-corrected chi connectivity index (χ4v) is 1.68. The molecule has 0 radical (unpaired) electrons. The van der Waals surface area contributed by atoms with E-state index >= 15 is 0 Å². The summed E-state index contributed by atoms with van der Waals surface area (Å²) in [7, 11) is 1.63. The first-order valence-corrected chi connectivity index (χ1v) is 5.39. The maximum absolute atomic E-state index is 9.07. The van der Waals surface area contributed by atoms with Crippen LogP contribution < -0.4 is 10.5 Å². The molecule has 3 nitrogen and oxygen atoms in total. The van der Waals surface area contributed by atoms with E-state index in [2.05, 4.69) is 6.07 Å². The third kappa shape index (κ3) is 2.74. The van der Waals surface area contributed by atoms with Crippen molar-refractivity contribution in [2.75, 3.05) is 7.11 Å². The molecule has 0 amide bonds. The molecule has 0 aliphatic carbocycles. The summed E-state index contributed by atoms with van der Waals surface area (Å²) < 4.78 is 5.08. The average Bonchev–Trinajstić information content (AvgIpc) is 2.29. The fourth-order valence-electron chi connectivity index (χ4n) is 1.68. The van der Waals surface area contributed by atoms with Crippen LogP contribution in [0.3, 0.4) is 0 Å². The molecule has 2 atom stereocenters. The van der Waals surface area contributed by atoms with Crippen molar-refractivity contribution in [2.45, 2.75) is 19.9 Å². The molecule has 1 aromatic carbocycles. The highest BCUT2D eigenvalue weighted by atomic mass is 16.5. The van der Waals surface area contributed by atoms with Gasteiger partial charge in [0.25, 0.3) is 0 Å². The van der Waals surface area contributed by atoms with E-state index in [0.29, 0.717) is 0 Å². The molecule has 0 heterocycles. The number of benzene rings is 1. The highest BCUT2D eigenvalue weighted by Crippen LogP contribution is 2.26. The molecule has 1 rings (SSSR count). The van der Waals surface area contributed by atoms with E-state index in [1.807, 2.05) is 38.1 Å². The van der Waals surface area contributed by atoms with E-state index in [1.165, 1.54) is 0 Å². The Balaban J connectivity index is 2.87. The topological polar surface area (TPSA) is 59.0 Å². The Labute approximate surface area is 96.8 Å². The normalized spacial score (nSPS) is 14.2. The molecule has 86 valence electrons. The Bertz CT molecular complexity index is 365. The number of rotatable bonds is 4. The quantitative estimate of drug-likeness (QED) is 0.844. The van der Waals surface area contributed by atoms with Gasteiger partial charge >= 0.3 is 0 Å². The zero-order valence-corrected chi connectivity index (χ0v) is 9.97. The van der Waals surface area contributed by atoms with Gasteiger partial charge in [-0.15, -0.1) is 0 Å². The van der Waals surface area contributed by atoms with E-state index < -0.39 is 0 Å². The summed E-state index contributed by atoms with van der Waals surface area (Å²) in [5.74, 6) is 0.893. The highest BCUT2D eigenvalue weighted by molar-refractivity contribution is 5.30. The van der Waals surface area contributed by atoms with Crippen molar-refractivity contribution in [3.63, 3.8) is 0 Å². The SMILES string of the molecule is COc1ccc(C(N)C(C#N)C(C)C)cc1. The van der Waals surface area contributed by atoms with Crippen molar-refractivity contribution in [3.8, 4) is 11.8 Å². The molecule has 0 saturated heterocycles. The first-order valence-electron chi connectivity index (χ1n) is 5.39. The predicted molar refractivity (Wildman–Crippen MR) is 63.9 cm³/mol. The van der Waals surface area contributed by atoms with Crippen LogP contribution in [0.1, 0.15) is 25.5 Å². The predicted octanol–water partition coefficient (Wildman–Crippen LogP) is 2.49. The summed E-state index contributed by atoms with van der Waals surface area (Å²) >= 11 is 0. The van der Waals surface area contributed by atoms with Gasteiger partial charge in [-0.1, -0.05) is 26.0 Å². The molecule has 0 saturated carbocycles. The molecule has 0 aliphatic heterocycles. The van der Waals surface area contributed by atoms with Crippen molar-refractivity contribution < 1.29 is 4.74 Å². The van der Waals surface area contributed by atoms with E-state index in [9.17, 15) is 0 Å². The van der Waals surface area contributed by atoms with Crippen LogP contribution in [-0.2, 0) is 0 Å². The van der Waals surface area contributed by atoms with Crippen molar-refractivity contribution in [3.05, 3.63) is 29.8 Å². The van der Waals surface area contributed by atoms with E-state index in [0.717, 1.165) is 11.3 Å². The summed E-state index contributed by atoms with van der Waals surface area (Å²) in [4.78, 5) is 0. The van der Waals surface area contributed by atoms with Crippen LogP contribution in [0.15, 0.2) is 24.3 Å².